The van der Waals surface area contributed by atoms with Gasteiger partial charge < -0.3 is 14.8 Å². The molecule has 2 aromatic carbocycles. The van der Waals surface area contributed by atoms with Crippen LogP contribution in [0, 0.1) is 19.7 Å². The molecule has 0 unspecified atom stereocenters. The Labute approximate surface area is 173 Å². The number of aromatic nitrogens is 2. The molecule has 0 aliphatic carbocycles. The monoisotopic (exact) mass is 411 g/mol. The third-order valence-corrected chi connectivity index (χ3v) is 4.46. The molecule has 8 heteroatoms. The minimum absolute atomic E-state index is 0.0344. The number of nitrogens with one attached hydrogen (secondary N) is 1. The minimum Gasteiger partial charge on any atom is -0.488 e. The Hall–Kier alpha value is -3.52. The second kappa shape index (κ2) is 9.32. The van der Waals surface area contributed by atoms with E-state index in [0.29, 0.717) is 18.0 Å². The first kappa shape index (κ1) is 21.2. The molecular weight excluding hydrogens is 389 g/mol. The highest BCUT2D eigenvalue weighted by atomic mass is 19.1. The van der Waals surface area contributed by atoms with Crippen LogP contribution in [0.25, 0.3) is 5.69 Å². The van der Waals surface area contributed by atoms with Crippen molar-refractivity contribution in [2.75, 3.05) is 25.6 Å². The van der Waals surface area contributed by atoms with Gasteiger partial charge in [0.1, 0.15) is 6.61 Å². The number of rotatable bonds is 8. The number of anilines is 1. The van der Waals surface area contributed by atoms with Crippen molar-refractivity contribution < 1.29 is 23.5 Å². The van der Waals surface area contributed by atoms with Crippen molar-refractivity contribution >= 4 is 17.4 Å². The zero-order valence-electron chi connectivity index (χ0n) is 16.9. The maximum atomic E-state index is 14.2. The van der Waals surface area contributed by atoms with Gasteiger partial charge in [-0.25, -0.2) is 9.07 Å². The molecule has 0 radical (unpaired) electrons. The van der Waals surface area contributed by atoms with Crippen molar-refractivity contribution in [2.24, 2.45) is 0 Å². The van der Waals surface area contributed by atoms with Crippen molar-refractivity contribution in [3.63, 3.8) is 0 Å². The predicted molar refractivity (Wildman–Crippen MR) is 110 cm³/mol. The van der Waals surface area contributed by atoms with Gasteiger partial charge in [-0.2, -0.15) is 5.10 Å². The molecule has 0 saturated heterocycles. The predicted octanol–water partition coefficient (Wildman–Crippen LogP) is 3.47. The van der Waals surface area contributed by atoms with E-state index in [4.69, 9.17) is 9.47 Å². The van der Waals surface area contributed by atoms with Crippen molar-refractivity contribution in [1.82, 2.24) is 9.78 Å². The van der Waals surface area contributed by atoms with Crippen LogP contribution in [0.3, 0.4) is 0 Å². The van der Waals surface area contributed by atoms with Gasteiger partial charge in [0.25, 0.3) is 11.7 Å². The lowest BCUT2D eigenvalue weighted by molar-refractivity contribution is -0.112. The van der Waals surface area contributed by atoms with E-state index in [9.17, 15) is 14.0 Å². The van der Waals surface area contributed by atoms with E-state index >= 15 is 0 Å². The topological polar surface area (TPSA) is 82.4 Å². The van der Waals surface area contributed by atoms with E-state index in [1.807, 2.05) is 30.3 Å². The molecule has 1 N–H and O–H groups in total. The number of para-hydroxylation sites is 1. The fourth-order valence-corrected chi connectivity index (χ4v) is 3.02. The van der Waals surface area contributed by atoms with Gasteiger partial charge in [0.15, 0.2) is 11.6 Å². The highest BCUT2D eigenvalue weighted by Crippen LogP contribution is 2.22. The molecule has 0 fully saturated rings. The van der Waals surface area contributed by atoms with Crippen LogP contribution in [-0.4, -0.2) is 41.8 Å². The van der Waals surface area contributed by atoms with E-state index in [1.165, 1.54) is 19.2 Å². The fraction of sp³-hybridized carbons (Fsp3) is 0.227. The molecule has 0 aliphatic rings. The lowest BCUT2D eigenvalue weighted by Crippen LogP contribution is -2.24. The normalized spacial score (nSPS) is 10.7. The number of aryl methyl sites for hydroxylation is 1. The van der Waals surface area contributed by atoms with Crippen LogP contribution in [0.1, 0.15) is 21.7 Å². The summed E-state index contributed by atoms with van der Waals surface area (Å²) < 4.78 is 25.9. The van der Waals surface area contributed by atoms with Crippen molar-refractivity contribution in [2.45, 2.75) is 13.8 Å². The molecule has 156 valence electrons. The summed E-state index contributed by atoms with van der Waals surface area (Å²) in [5.41, 5.74) is 2.13. The van der Waals surface area contributed by atoms with E-state index in [1.54, 1.807) is 18.5 Å². The van der Waals surface area contributed by atoms with Crippen molar-refractivity contribution in [3.05, 3.63) is 71.3 Å². The van der Waals surface area contributed by atoms with Crippen LogP contribution in [0.2, 0.25) is 0 Å². The molecule has 1 amide bonds. The lowest BCUT2D eigenvalue weighted by atomic mass is 10.1. The summed E-state index contributed by atoms with van der Waals surface area (Å²) in [4.78, 5) is 25.3. The number of ketones is 1. The number of benzene rings is 2. The Morgan fingerprint density at radius 2 is 1.83 bits per heavy atom. The first-order valence-corrected chi connectivity index (χ1v) is 9.31. The summed E-state index contributed by atoms with van der Waals surface area (Å²) in [6, 6.07) is 13.2. The Balaban J connectivity index is 1.76. The maximum absolute atomic E-state index is 14.2. The largest absolute Gasteiger partial charge is 0.488 e. The van der Waals surface area contributed by atoms with E-state index in [0.717, 1.165) is 11.8 Å². The van der Waals surface area contributed by atoms with Gasteiger partial charge >= 0.3 is 0 Å². The van der Waals surface area contributed by atoms with Crippen LogP contribution in [-0.2, 0) is 9.53 Å². The molecule has 1 aromatic heterocycles. The highest BCUT2D eigenvalue weighted by Gasteiger charge is 2.25. The van der Waals surface area contributed by atoms with Gasteiger partial charge in [0, 0.05) is 18.9 Å². The van der Waals surface area contributed by atoms with Crippen LogP contribution in [0.4, 0.5) is 10.1 Å². The molecular formula is C22H22FN3O4. The average molecular weight is 411 g/mol. The molecule has 1 heterocycles. The molecule has 3 aromatic rings. The minimum atomic E-state index is -0.874. The Morgan fingerprint density at radius 1 is 1.10 bits per heavy atom. The van der Waals surface area contributed by atoms with Gasteiger partial charge in [-0.05, 0) is 38.1 Å². The smallest absolute Gasteiger partial charge is 0.296 e. The molecule has 0 aliphatic heterocycles. The number of halogens is 1. The summed E-state index contributed by atoms with van der Waals surface area (Å²) in [7, 11) is 1.52. The second-order valence-corrected chi connectivity index (χ2v) is 6.56. The van der Waals surface area contributed by atoms with Gasteiger partial charge in [-0.1, -0.05) is 18.2 Å². The van der Waals surface area contributed by atoms with Gasteiger partial charge in [-0.3, -0.25) is 9.59 Å². The SMILES string of the molecule is COCCOc1ccc(NC(=O)C(=O)c2c(C)nn(-c3ccccc3)c2C)cc1F. The third-order valence-electron chi connectivity index (χ3n) is 4.46. The van der Waals surface area contributed by atoms with E-state index in [-0.39, 0.29) is 23.6 Å². The fourth-order valence-electron chi connectivity index (χ4n) is 3.02. The van der Waals surface area contributed by atoms with Crippen LogP contribution >= 0.6 is 0 Å². The number of hydrogen-bond acceptors (Lipinski definition) is 5. The molecule has 30 heavy (non-hydrogen) atoms. The summed E-state index contributed by atoms with van der Waals surface area (Å²) >= 11 is 0. The average Bonchev–Trinajstić information content (AvgIpc) is 3.03. The second-order valence-electron chi connectivity index (χ2n) is 6.56. The third kappa shape index (κ3) is 4.55. The van der Waals surface area contributed by atoms with Crippen LogP contribution in [0.15, 0.2) is 48.5 Å². The van der Waals surface area contributed by atoms with Crippen molar-refractivity contribution in [3.8, 4) is 11.4 Å². The quantitative estimate of drug-likeness (QED) is 0.349. The number of carbonyl (C=O) groups is 2. The number of ether oxygens (including phenoxy) is 2. The highest BCUT2D eigenvalue weighted by molar-refractivity contribution is 6.47. The summed E-state index contributed by atoms with van der Waals surface area (Å²) in [5.74, 6) is -2.23. The first-order valence-electron chi connectivity index (χ1n) is 9.31. The molecule has 0 spiro atoms. The summed E-state index contributed by atoms with van der Waals surface area (Å²) in [6.45, 7) is 3.90. The first-order chi connectivity index (χ1) is 14.4. The summed E-state index contributed by atoms with van der Waals surface area (Å²) in [6.07, 6.45) is 0. The van der Waals surface area contributed by atoms with E-state index in [2.05, 4.69) is 10.4 Å². The standard InChI is InChI=1S/C22H22FN3O4/c1-14-20(15(2)26(25-14)17-7-5-4-6-8-17)21(27)22(28)24-16-9-10-19(18(23)13-16)30-12-11-29-3/h4-10,13H,11-12H2,1-3H3,(H,24,28). The molecule has 0 atom stereocenters. The number of methoxy groups -OCH3 is 1. The molecule has 3 rings (SSSR count). The van der Waals surface area contributed by atoms with Gasteiger partial charge in [-0.15, -0.1) is 0 Å². The number of Topliss-reactive ketones (excluding diaryl/α,β-unsaturated/α-hetero) is 1. The van der Waals surface area contributed by atoms with Crippen LogP contribution < -0.4 is 10.1 Å². The number of amides is 1. The zero-order valence-corrected chi connectivity index (χ0v) is 16.9. The van der Waals surface area contributed by atoms with Crippen molar-refractivity contribution in [1.29, 1.82) is 0 Å². The molecule has 7 nitrogen and oxygen atoms in total. The molecule has 0 saturated carbocycles. The molecule has 0 bridgehead atoms. The Morgan fingerprint density at radius 3 is 2.50 bits per heavy atom. The lowest BCUT2D eigenvalue weighted by Gasteiger charge is -2.09. The number of nitrogens with zero attached hydrogens (tertiary/aromatic N) is 2. The van der Waals surface area contributed by atoms with Gasteiger partial charge in [0.05, 0.1) is 29.2 Å². The zero-order chi connectivity index (χ0) is 21.7. The van der Waals surface area contributed by atoms with Crippen LogP contribution in [0.5, 0.6) is 5.75 Å². The van der Waals surface area contributed by atoms with E-state index < -0.39 is 17.5 Å². The Kier molecular flexibility index (Phi) is 6.58. The maximum Gasteiger partial charge on any atom is 0.296 e. The number of carbonyl (C=O) groups excluding carboxylic acids is 2. The summed E-state index contributed by atoms with van der Waals surface area (Å²) in [5, 5.41) is 6.81. The Bertz CT molecular complexity index is 1060. The number of hydrogen-bond donors (Lipinski definition) is 1. The van der Waals surface area contributed by atoms with Gasteiger partial charge in [0.2, 0.25) is 0 Å².